The lowest BCUT2D eigenvalue weighted by molar-refractivity contribution is 0.100. The lowest BCUT2D eigenvalue weighted by atomic mass is 9.92. The molecule has 0 aliphatic carbocycles. The number of aromatic hydroxyl groups is 1. The first kappa shape index (κ1) is 14.4. The van der Waals surface area contributed by atoms with Gasteiger partial charge >= 0.3 is 0 Å². The Morgan fingerprint density at radius 3 is 2.50 bits per heavy atom. The molecule has 0 fully saturated rings. The van der Waals surface area contributed by atoms with Gasteiger partial charge in [-0.05, 0) is 48.7 Å². The molecular formula is C15H15BrN2O2. The van der Waals surface area contributed by atoms with Crippen LogP contribution in [0.25, 0.3) is 11.1 Å². The van der Waals surface area contributed by atoms with Crippen LogP contribution in [-0.2, 0) is 0 Å². The van der Waals surface area contributed by atoms with E-state index in [0.29, 0.717) is 21.3 Å². The topological polar surface area (TPSA) is 89.3 Å². The van der Waals surface area contributed by atoms with E-state index >= 15 is 0 Å². The summed E-state index contributed by atoms with van der Waals surface area (Å²) in [6.45, 7) is 3.73. The second-order valence-electron chi connectivity index (χ2n) is 4.68. The van der Waals surface area contributed by atoms with E-state index < -0.39 is 5.91 Å². The molecule has 0 bridgehead atoms. The summed E-state index contributed by atoms with van der Waals surface area (Å²) in [5.41, 5.74) is 15.2. The number of phenols is 1. The quantitative estimate of drug-likeness (QED) is 0.737. The first-order chi connectivity index (χ1) is 9.32. The number of anilines is 1. The fraction of sp³-hybridized carbons (Fsp3) is 0.133. The summed E-state index contributed by atoms with van der Waals surface area (Å²) in [4.78, 5) is 11.5. The van der Waals surface area contributed by atoms with Crippen LogP contribution < -0.4 is 11.5 Å². The number of nitrogen functional groups attached to an aromatic ring is 1. The maximum Gasteiger partial charge on any atom is 0.250 e. The van der Waals surface area contributed by atoms with Gasteiger partial charge in [0.05, 0.1) is 11.3 Å². The van der Waals surface area contributed by atoms with Crippen molar-refractivity contribution in [2.24, 2.45) is 5.73 Å². The number of aryl methyl sites for hydroxylation is 1. The largest absolute Gasteiger partial charge is 0.508 e. The molecule has 0 saturated heterocycles. The molecule has 0 atom stereocenters. The Hall–Kier alpha value is -2.01. The first-order valence-electron chi connectivity index (χ1n) is 6.01. The zero-order valence-corrected chi connectivity index (χ0v) is 12.8. The smallest absolute Gasteiger partial charge is 0.250 e. The molecule has 0 aliphatic rings. The molecule has 0 radical (unpaired) electrons. The number of carbonyl (C=O) groups is 1. The molecule has 0 spiro atoms. The molecular weight excluding hydrogens is 320 g/mol. The van der Waals surface area contributed by atoms with Gasteiger partial charge in [0.2, 0.25) is 0 Å². The Labute approximate surface area is 125 Å². The van der Waals surface area contributed by atoms with Crippen LogP contribution in [0.4, 0.5) is 5.69 Å². The Bertz CT molecular complexity index is 712. The zero-order chi connectivity index (χ0) is 15.0. The van der Waals surface area contributed by atoms with Crippen LogP contribution >= 0.6 is 15.9 Å². The molecule has 0 saturated carbocycles. The maximum absolute atomic E-state index is 11.5. The SMILES string of the molecule is Cc1ccc(O)c(C)c1-c1cc(Br)cc(C(N)=O)c1N. The second kappa shape index (κ2) is 5.17. The third-order valence-corrected chi connectivity index (χ3v) is 3.78. The number of amides is 1. The Morgan fingerprint density at radius 2 is 1.90 bits per heavy atom. The zero-order valence-electron chi connectivity index (χ0n) is 11.2. The molecule has 104 valence electrons. The van der Waals surface area contributed by atoms with E-state index in [2.05, 4.69) is 15.9 Å². The van der Waals surface area contributed by atoms with Crippen molar-refractivity contribution in [2.45, 2.75) is 13.8 Å². The van der Waals surface area contributed by atoms with Crippen LogP contribution in [0.5, 0.6) is 5.75 Å². The summed E-state index contributed by atoms with van der Waals surface area (Å²) < 4.78 is 0.706. The molecule has 20 heavy (non-hydrogen) atoms. The number of primary amides is 1. The van der Waals surface area contributed by atoms with Gasteiger partial charge in [0.15, 0.2) is 0 Å². The number of benzene rings is 2. The predicted molar refractivity (Wildman–Crippen MR) is 83.6 cm³/mol. The van der Waals surface area contributed by atoms with Gasteiger partial charge in [0, 0.05) is 10.0 Å². The van der Waals surface area contributed by atoms with Gasteiger partial charge in [0.25, 0.3) is 5.91 Å². The molecule has 0 aliphatic heterocycles. The van der Waals surface area contributed by atoms with Gasteiger partial charge in [0.1, 0.15) is 5.75 Å². The Kier molecular flexibility index (Phi) is 3.72. The van der Waals surface area contributed by atoms with Gasteiger partial charge < -0.3 is 16.6 Å². The fourth-order valence-corrected chi connectivity index (χ4v) is 2.74. The molecule has 0 aromatic heterocycles. The fourth-order valence-electron chi connectivity index (χ4n) is 2.28. The highest BCUT2D eigenvalue weighted by Gasteiger charge is 2.17. The minimum Gasteiger partial charge on any atom is -0.508 e. The lowest BCUT2D eigenvalue weighted by Crippen LogP contribution is -2.14. The van der Waals surface area contributed by atoms with E-state index in [1.54, 1.807) is 12.1 Å². The van der Waals surface area contributed by atoms with Crippen LogP contribution in [0.3, 0.4) is 0 Å². The highest BCUT2D eigenvalue weighted by Crippen LogP contribution is 2.38. The highest BCUT2D eigenvalue weighted by atomic mass is 79.9. The van der Waals surface area contributed by atoms with Gasteiger partial charge in [-0.1, -0.05) is 22.0 Å². The molecule has 0 heterocycles. The van der Waals surface area contributed by atoms with Crippen LogP contribution in [0.2, 0.25) is 0 Å². The third kappa shape index (κ3) is 2.36. The van der Waals surface area contributed by atoms with Gasteiger partial charge in [-0.3, -0.25) is 4.79 Å². The third-order valence-electron chi connectivity index (χ3n) is 3.32. The van der Waals surface area contributed by atoms with Crippen molar-refractivity contribution in [3.8, 4) is 16.9 Å². The number of nitrogens with two attached hydrogens (primary N) is 2. The Morgan fingerprint density at radius 1 is 1.25 bits per heavy atom. The van der Waals surface area contributed by atoms with Crippen LogP contribution in [-0.4, -0.2) is 11.0 Å². The summed E-state index contributed by atoms with van der Waals surface area (Å²) >= 11 is 3.35. The van der Waals surface area contributed by atoms with Crippen molar-refractivity contribution in [3.63, 3.8) is 0 Å². The van der Waals surface area contributed by atoms with Crippen molar-refractivity contribution in [3.05, 3.63) is 45.4 Å². The average molecular weight is 335 g/mol. The van der Waals surface area contributed by atoms with Crippen molar-refractivity contribution < 1.29 is 9.90 Å². The molecule has 2 aromatic carbocycles. The summed E-state index contributed by atoms with van der Waals surface area (Å²) in [5.74, 6) is -0.397. The molecule has 4 nitrogen and oxygen atoms in total. The minimum absolute atomic E-state index is 0.186. The molecule has 5 heteroatoms. The summed E-state index contributed by atoms with van der Waals surface area (Å²) in [6, 6.07) is 6.85. The number of rotatable bonds is 2. The Balaban J connectivity index is 2.84. The normalized spacial score (nSPS) is 10.6. The summed E-state index contributed by atoms with van der Waals surface area (Å²) in [5, 5.41) is 9.88. The predicted octanol–water partition coefficient (Wildman–Crippen LogP) is 3.12. The molecule has 2 rings (SSSR count). The number of hydrogen-bond acceptors (Lipinski definition) is 3. The number of hydrogen-bond donors (Lipinski definition) is 3. The van der Waals surface area contributed by atoms with Crippen LogP contribution in [0.15, 0.2) is 28.7 Å². The maximum atomic E-state index is 11.5. The second-order valence-corrected chi connectivity index (χ2v) is 5.60. The lowest BCUT2D eigenvalue weighted by Gasteiger charge is -2.16. The van der Waals surface area contributed by atoms with E-state index in [1.165, 1.54) is 0 Å². The van der Waals surface area contributed by atoms with Crippen LogP contribution in [0, 0.1) is 13.8 Å². The van der Waals surface area contributed by atoms with E-state index in [0.717, 1.165) is 11.1 Å². The number of phenolic OH excluding ortho intramolecular Hbond substituents is 1. The van der Waals surface area contributed by atoms with E-state index in [4.69, 9.17) is 11.5 Å². The highest BCUT2D eigenvalue weighted by molar-refractivity contribution is 9.10. The molecule has 0 unspecified atom stereocenters. The average Bonchev–Trinajstić information content (AvgIpc) is 2.37. The van der Waals surface area contributed by atoms with Crippen molar-refractivity contribution in [1.82, 2.24) is 0 Å². The summed E-state index contributed by atoms with van der Waals surface area (Å²) in [7, 11) is 0. The summed E-state index contributed by atoms with van der Waals surface area (Å²) in [6.07, 6.45) is 0. The van der Waals surface area contributed by atoms with E-state index in [1.807, 2.05) is 26.0 Å². The first-order valence-corrected chi connectivity index (χ1v) is 6.80. The number of halogens is 1. The standard InChI is InChI=1S/C15H15BrN2O2/c1-7-3-4-12(19)8(2)13(7)10-5-9(16)6-11(14(10)17)15(18)20/h3-6,19H,17H2,1-2H3,(H2,18,20). The van der Waals surface area contributed by atoms with Gasteiger partial charge in [-0.15, -0.1) is 0 Å². The van der Waals surface area contributed by atoms with Gasteiger partial charge in [-0.25, -0.2) is 0 Å². The van der Waals surface area contributed by atoms with E-state index in [9.17, 15) is 9.90 Å². The van der Waals surface area contributed by atoms with Crippen molar-refractivity contribution in [2.75, 3.05) is 5.73 Å². The molecule has 2 aromatic rings. The van der Waals surface area contributed by atoms with Crippen LogP contribution in [0.1, 0.15) is 21.5 Å². The molecule has 1 amide bonds. The number of carbonyl (C=O) groups excluding carboxylic acids is 1. The molecule has 5 N–H and O–H groups in total. The van der Waals surface area contributed by atoms with Gasteiger partial charge in [-0.2, -0.15) is 0 Å². The monoisotopic (exact) mass is 334 g/mol. The van der Waals surface area contributed by atoms with Crippen molar-refractivity contribution in [1.29, 1.82) is 0 Å². The van der Waals surface area contributed by atoms with Crippen molar-refractivity contribution >= 4 is 27.5 Å². The minimum atomic E-state index is -0.583. The van der Waals surface area contributed by atoms with E-state index in [-0.39, 0.29) is 11.3 Å².